The summed E-state index contributed by atoms with van der Waals surface area (Å²) in [5.41, 5.74) is 1.69. The minimum atomic E-state index is -3.61. The highest BCUT2D eigenvalue weighted by molar-refractivity contribution is 7.89. The normalized spacial score (nSPS) is 18.2. The smallest absolute Gasteiger partial charge is 0.212 e. The molecule has 1 saturated heterocycles. The van der Waals surface area contributed by atoms with E-state index in [0.29, 0.717) is 10.5 Å². The standard InChI is InChI=1S/C16H26N2O4S2/c1-5-23(19,20)17-8-10-18(11-9-17)24(21,22)16-12-15(13(2)3)7-6-14(16)4/h6-7,12-13H,5,8-11H2,1-4H3. The van der Waals surface area contributed by atoms with Crippen molar-refractivity contribution in [1.82, 2.24) is 8.61 Å². The van der Waals surface area contributed by atoms with Crippen LogP contribution in [0.3, 0.4) is 0 Å². The molecule has 1 fully saturated rings. The molecule has 1 aliphatic rings. The Bertz CT molecular complexity index is 793. The summed E-state index contributed by atoms with van der Waals surface area (Å²) in [5.74, 6) is 0.279. The molecule has 2 rings (SSSR count). The third-order valence-corrected chi connectivity index (χ3v) is 8.37. The fourth-order valence-corrected chi connectivity index (χ4v) is 5.53. The van der Waals surface area contributed by atoms with Gasteiger partial charge in [0.25, 0.3) is 0 Å². The van der Waals surface area contributed by atoms with Crippen molar-refractivity contribution in [1.29, 1.82) is 0 Å². The molecule has 0 N–H and O–H groups in total. The van der Waals surface area contributed by atoms with Gasteiger partial charge in [0.15, 0.2) is 0 Å². The van der Waals surface area contributed by atoms with Gasteiger partial charge in [0.05, 0.1) is 10.6 Å². The lowest BCUT2D eigenvalue weighted by atomic mass is 10.0. The van der Waals surface area contributed by atoms with Gasteiger partial charge in [-0.05, 0) is 37.0 Å². The van der Waals surface area contributed by atoms with Gasteiger partial charge in [-0.1, -0.05) is 26.0 Å². The van der Waals surface area contributed by atoms with E-state index in [-0.39, 0.29) is 37.8 Å². The molecule has 0 radical (unpaired) electrons. The van der Waals surface area contributed by atoms with Crippen LogP contribution >= 0.6 is 0 Å². The fourth-order valence-electron chi connectivity index (χ4n) is 2.76. The van der Waals surface area contributed by atoms with Crippen molar-refractivity contribution in [2.75, 3.05) is 31.9 Å². The number of nitrogens with zero attached hydrogens (tertiary/aromatic N) is 2. The minimum absolute atomic E-state index is 0.0370. The van der Waals surface area contributed by atoms with Gasteiger partial charge in [0.1, 0.15) is 0 Å². The van der Waals surface area contributed by atoms with E-state index in [1.54, 1.807) is 19.9 Å². The van der Waals surface area contributed by atoms with Crippen molar-refractivity contribution < 1.29 is 16.8 Å². The second-order valence-electron chi connectivity index (χ2n) is 6.38. The Labute approximate surface area is 145 Å². The molecule has 0 unspecified atom stereocenters. The zero-order chi connectivity index (χ0) is 18.1. The van der Waals surface area contributed by atoms with Crippen molar-refractivity contribution in [2.45, 2.75) is 38.5 Å². The molecule has 0 saturated carbocycles. The molecule has 1 heterocycles. The predicted octanol–water partition coefficient (Wildman–Crippen LogP) is 1.77. The molecular weight excluding hydrogens is 348 g/mol. The number of hydrogen-bond donors (Lipinski definition) is 0. The first-order valence-corrected chi connectivity index (χ1v) is 11.2. The van der Waals surface area contributed by atoms with E-state index in [2.05, 4.69) is 0 Å². The Kier molecular flexibility index (Phi) is 5.74. The van der Waals surface area contributed by atoms with Crippen LogP contribution in [0.4, 0.5) is 0 Å². The maximum Gasteiger partial charge on any atom is 0.243 e. The number of piperazine rings is 1. The highest BCUT2D eigenvalue weighted by Crippen LogP contribution is 2.26. The summed E-state index contributed by atoms with van der Waals surface area (Å²) >= 11 is 0. The Balaban J connectivity index is 2.26. The zero-order valence-corrected chi connectivity index (χ0v) is 16.3. The average Bonchev–Trinajstić information content (AvgIpc) is 2.55. The van der Waals surface area contributed by atoms with Crippen molar-refractivity contribution in [2.24, 2.45) is 0 Å². The van der Waals surface area contributed by atoms with Gasteiger partial charge in [-0.15, -0.1) is 0 Å². The molecule has 0 aromatic heterocycles. The van der Waals surface area contributed by atoms with Gasteiger partial charge in [0, 0.05) is 26.2 Å². The molecule has 1 aliphatic heterocycles. The second kappa shape index (κ2) is 7.11. The summed E-state index contributed by atoms with van der Waals surface area (Å²) in [4.78, 5) is 0.320. The maximum absolute atomic E-state index is 13.0. The average molecular weight is 375 g/mol. The molecule has 24 heavy (non-hydrogen) atoms. The van der Waals surface area contributed by atoms with Gasteiger partial charge in [-0.3, -0.25) is 0 Å². The van der Waals surface area contributed by atoms with Crippen LogP contribution in [0.2, 0.25) is 0 Å². The lowest BCUT2D eigenvalue weighted by molar-refractivity contribution is 0.273. The number of aryl methyl sites for hydroxylation is 1. The van der Waals surface area contributed by atoms with Gasteiger partial charge in [-0.25, -0.2) is 16.8 Å². The van der Waals surface area contributed by atoms with Crippen LogP contribution in [0.25, 0.3) is 0 Å². The number of rotatable bonds is 5. The molecule has 8 heteroatoms. The molecule has 0 bridgehead atoms. The van der Waals surface area contributed by atoms with E-state index in [9.17, 15) is 16.8 Å². The van der Waals surface area contributed by atoms with E-state index in [1.807, 2.05) is 26.0 Å². The predicted molar refractivity (Wildman–Crippen MR) is 95.1 cm³/mol. The highest BCUT2D eigenvalue weighted by Gasteiger charge is 2.33. The summed E-state index contributed by atoms with van der Waals surface area (Å²) < 4.78 is 52.5. The molecule has 0 atom stereocenters. The Hall–Kier alpha value is -0.960. The van der Waals surface area contributed by atoms with Gasteiger partial charge < -0.3 is 0 Å². The van der Waals surface area contributed by atoms with Crippen LogP contribution in [0.5, 0.6) is 0 Å². The van der Waals surface area contributed by atoms with E-state index >= 15 is 0 Å². The largest absolute Gasteiger partial charge is 0.243 e. The maximum atomic E-state index is 13.0. The second-order valence-corrected chi connectivity index (χ2v) is 10.5. The first-order valence-electron chi connectivity index (χ1n) is 8.18. The minimum Gasteiger partial charge on any atom is -0.212 e. The van der Waals surface area contributed by atoms with Gasteiger partial charge in [-0.2, -0.15) is 8.61 Å². The molecule has 6 nitrogen and oxygen atoms in total. The zero-order valence-electron chi connectivity index (χ0n) is 14.7. The van der Waals surface area contributed by atoms with E-state index in [1.165, 1.54) is 8.61 Å². The molecule has 0 spiro atoms. The van der Waals surface area contributed by atoms with Crippen molar-refractivity contribution in [3.05, 3.63) is 29.3 Å². The lowest BCUT2D eigenvalue weighted by Crippen LogP contribution is -2.50. The summed E-state index contributed by atoms with van der Waals surface area (Å²) in [6.45, 7) is 8.22. The van der Waals surface area contributed by atoms with E-state index < -0.39 is 20.0 Å². The molecular formula is C16H26N2O4S2. The SMILES string of the molecule is CCS(=O)(=O)N1CCN(S(=O)(=O)c2cc(C(C)C)ccc2C)CC1. The highest BCUT2D eigenvalue weighted by atomic mass is 32.2. The number of sulfonamides is 2. The Morgan fingerprint density at radius 1 is 1.00 bits per heavy atom. The van der Waals surface area contributed by atoms with Crippen molar-refractivity contribution >= 4 is 20.0 Å². The molecule has 1 aromatic rings. The fraction of sp³-hybridized carbons (Fsp3) is 0.625. The van der Waals surface area contributed by atoms with Gasteiger partial charge >= 0.3 is 0 Å². The Morgan fingerprint density at radius 3 is 2.04 bits per heavy atom. The molecule has 0 amide bonds. The first kappa shape index (κ1) is 19.4. The lowest BCUT2D eigenvalue weighted by Gasteiger charge is -2.33. The number of benzene rings is 1. The van der Waals surface area contributed by atoms with Crippen LogP contribution in [0.15, 0.2) is 23.1 Å². The van der Waals surface area contributed by atoms with Crippen molar-refractivity contribution in [3.63, 3.8) is 0 Å². The first-order chi connectivity index (χ1) is 11.1. The van der Waals surface area contributed by atoms with E-state index in [4.69, 9.17) is 0 Å². The summed E-state index contributed by atoms with van der Waals surface area (Å²) in [6, 6.07) is 5.52. The summed E-state index contributed by atoms with van der Waals surface area (Å²) in [5, 5.41) is 0. The van der Waals surface area contributed by atoms with Crippen LogP contribution in [0.1, 0.15) is 37.8 Å². The topological polar surface area (TPSA) is 74.8 Å². The third kappa shape index (κ3) is 3.82. The van der Waals surface area contributed by atoms with Crippen LogP contribution < -0.4 is 0 Å². The molecule has 136 valence electrons. The monoisotopic (exact) mass is 374 g/mol. The van der Waals surface area contributed by atoms with Crippen LogP contribution in [-0.4, -0.2) is 57.4 Å². The van der Waals surface area contributed by atoms with Crippen LogP contribution in [-0.2, 0) is 20.0 Å². The molecule has 1 aromatic carbocycles. The van der Waals surface area contributed by atoms with Crippen molar-refractivity contribution in [3.8, 4) is 0 Å². The Morgan fingerprint density at radius 2 is 1.54 bits per heavy atom. The van der Waals surface area contributed by atoms with Gasteiger partial charge in [0.2, 0.25) is 20.0 Å². The third-order valence-electron chi connectivity index (χ3n) is 4.45. The van der Waals surface area contributed by atoms with Crippen LogP contribution in [0, 0.1) is 6.92 Å². The summed E-state index contributed by atoms with van der Waals surface area (Å²) in [6.07, 6.45) is 0. The number of hydrogen-bond acceptors (Lipinski definition) is 4. The molecule has 0 aliphatic carbocycles. The quantitative estimate of drug-likeness (QED) is 0.787. The van der Waals surface area contributed by atoms with E-state index in [0.717, 1.165) is 5.56 Å². The summed E-state index contributed by atoms with van der Waals surface area (Å²) in [7, 11) is -6.88.